The largest absolute Gasteiger partial charge is 0.376 e. The second-order valence-electron chi connectivity index (χ2n) is 9.81. The number of nitrogens with two attached hydrogens (primary N) is 1. The number of benzene rings is 3. The lowest BCUT2D eigenvalue weighted by molar-refractivity contribution is -0.133. The highest BCUT2D eigenvalue weighted by atomic mass is 35.5. The Balaban J connectivity index is 1.47. The normalized spacial score (nSPS) is 19.1. The van der Waals surface area contributed by atoms with Crippen LogP contribution in [0.5, 0.6) is 0 Å². The molecule has 1 unspecified atom stereocenters. The lowest BCUT2D eigenvalue weighted by atomic mass is 9.70. The Bertz CT molecular complexity index is 1400. The average Bonchev–Trinajstić information content (AvgIpc) is 3.18. The van der Waals surface area contributed by atoms with Crippen LogP contribution in [0.1, 0.15) is 29.5 Å². The van der Waals surface area contributed by atoms with Gasteiger partial charge in [-0.05, 0) is 66.3 Å². The maximum Gasteiger partial charge on any atom is 0.241 e. The van der Waals surface area contributed by atoms with Crippen LogP contribution in [0.4, 0.5) is 11.4 Å². The number of fused-ring (bicyclic) bond motifs is 1. The fourth-order valence-electron chi connectivity index (χ4n) is 5.54. The van der Waals surface area contributed by atoms with Gasteiger partial charge in [-0.3, -0.25) is 14.4 Å². The molecule has 4 N–H and O–H groups in total. The van der Waals surface area contributed by atoms with Gasteiger partial charge >= 0.3 is 0 Å². The van der Waals surface area contributed by atoms with Gasteiger partial charge in [0, 0.05) is 40.4 Å². The molecule has 7 nitrogen and oxygen atoms in total. The van der Waals surface area contributed by atoms with E-state index in [1.807, 2.05) is 48.5 Å². The summed E-state index contributed by atoms with van der Waals surface area (Å²) in [5.41, 5.74) is 8.16. The second kappa shape index (κ2) is 10.7. The van der Waals surface area contributed by atoms with Crippen LogP contribution in [-0.4, -0.2) is 42.3 Å². The minimum Gasteiger partial charge on any atom is -0.376 e. The van der Waals surface area contributed by atoms with Gasteiger partial charge in [-0.1, -0.05) is 59.6 Å². The molecule has 0 radical (unpaired) electrons. The van der Waals surface area contributed by atoms with Crippen LogP contribution in [0.25, 0.3) is 0 Å². The molecule has 3 amide bonds. The first-order valence-corrected chi connectivity index (χ1v) is 13.3. The number of hydrogen-bond donors (Lipinski definition) is 3. The molecule has 0 saturated carbocycles. The summed E-state index contributed by atoms with van der Waals surface area (Å²) < 4.78 is 0. The molecule has 196 valence electrons. The lowest BCUT2D eigenvalue weighted by Gasteiger charge is -2.32. The first kappa shape index (κ1) is 26.1. The minimum atomic E-state index is -1.07. The van der Waals surface area contributed by atoms with Crippen molar-refractivity contribution in [2.24, 2.45) is 11.7 Å². The second-order valence-corrected chi connectivity index (χ2v) is 10.7. The van der Waals surface area contributed by atoms with Crippen LogP contribution < -0.4 is 16.4 Å². The average molecular weight is 551 g/mol. The molecule has 1 fully saturated rings. The number of carbonyl (C=O) groups is 3. The molecule has 3 aromatic carbocycles. The van der Waals surface area contributed by atoms with E-state index in [1.54, 1.807) is 23.1 Å². The fourth-order valence-corrected chi connectivity index (χ4v) is 5.93. The van der Waals surface area contributed by atoms with Crippen molar-refractivity contribution in [1.82, 2.24) is 4.90 Å². The lowest BCUT2D eigenvalue weighted by Crippen LogP contribution is -2.44. The molecule has 0 spiro atoms. The highest BCUT2D eigenvalue weighted by molar-refractivity contribution is 6.31. The van der Waals surface area contributed by atoms with Crippen LogP contribution in [-0.2, 0) is 26.2 Å². The Morgan fingerprint density at radius 3 is 2.45 bits per heavy atom. The quantitative estimate of drug-likeness (QED) is 0.399. The van der Waals surface area contributed by atoms with Crippen LogP contribution >= 0.6 is 23.2 Å². The topological polar surface area (TPSA) is 105 Å². The van der Waals surface area contributed by atoms with E-state index in [9.17, 15) is 14.4 Å². The van der Waals surface area contributed by atoms with Crippen LogP contribution in [0.3, 0.4) is 0 Å². The number of halogens is 2. The van der Waals surface area contributed by atoms with Gasteiger partial charge in [0.05, 0.1) is 6.54 Å². The molecule has 0 bridgehead atoms. The molecule has 9 heteroatoms. The number of hydrogen-bond acceptors (Lipinski definition) is 4. The number of amides is 3. The molecule has 0 aliphatic carbocycles. The van der Waals surface area contributed by atoms with Crippen LogP contribution in [0.15, 0.2) is 66.7 Å². The Morgan fingerprint density at radius 2 is 1.71 bits per heavy atom. The predicted molar refractivity (Wildman–Crippen MR) is 149 cm³/mol. The number of nitrogens with zero attached hydrogens (tertiary/aromatic N) is 1. The Hall–Kier alpha value is -3.55. The summed E-state index contributed by atoms with van der Waals surface area (Å²) in [4.78, 5) is 40.1. The molecule has 2 aliphatic rings. The van der Waals surface area contributed by atoms with Crippen molar-refractivity contribution in [2.45, 2.75) is 24.7 Å². The van der Waals surface area contributed by atoms with Crippen molar-refractivity contribution < 1.29 is 14.4 Å². The molecular formula is C29H28Cl2N4O3. The standard InChI is InChI=1S/C29H28Cl2N4O3/c30-20-5-3-4-18(14-20)16-29(23-9-8-21(31)15-25(23)34-28(29)38)22-6-1-2-7-24(22)33-17-26(36)35-12-10-19(11-13-35)27(32)37/h1-9,14-15,19,33H,10-13,16-17H2,(H2,32,37)(H,34,38). The smallest absolute Gasteiger partial charge is 0.241 e. The molecule has 5 rings (SSSR count). The third-order valence-electron chi connectivity index (χ3n) is 7.50. The maximum atomic E-state index is 13.8. The number of carbonyl (C=O) groups excluding carboxylic acids is 3. The molecule has 1 saturated heterocycles. The van der Waals surface area contributed by atoms with Gasteiger partial charge < -0.3 is 21.3 Å². The van der Waals surface area contributed by atoms with E-state index >= 15 is 0 Å². The SMILES string of the molecule is NC(=O)C1CCN(C(=O)CNc2ccccc2C2(Cc3cccc(Cl)c3)C(=O)Nc3cc(Cl)ccc32)CC1. The molecule has 0 aromatic heterocycles. The zero-order chi connectivity index (χ0) is 26.9. The summed E-state index contributed by atoms with van der Waals surface area (Å²) in [5.74, 6) is -0.752. The number of primary amides is 1. The van der Waals surface area contributed by atoms with E-state index in [4.69, 9.17) is 28.9 Å². The molecule has 3 aromatic rings. The first-order valence-electron chi connectivity index (χ1n) is 12.5. The fraction of sp³-hybridized carbons (Fsp3) is 0.276. The van der Waals surface area contributed by atoms with E-state index in [0.29, 0.717) is 53.8 Å². The summed E-state index contributed by atoms with van der Waals surface area (Å²) in [6.07, 6.45) is 1.50. The van der Waals surface area contributed by atoms with E-state index in [1.165, 1.54) is 0 Å². The number of anilines is 2. The highest BCUT2D eigenvalue weighted by Gasteiger charge is 2.49. The molecule has 2 heterocycles. The van der Waals surface area contributed by atoms with Crippen molar-refractivity contribution in [3.63, 3.8) is 0 Å². The third-order valence-corrected chi connectivity index (χ3v) is 7.97. The molecular weight excluding hydrogens is 523 g/mol. The molecule has 38 heavy (non-hydrogen) atoms. The van der Waals surface area contributed by atoms with E-state index in [2.05, 4.69) is 10.6 Å². The van der Waals surface area contributed by atoms with Gasteiger partial charge in [0.1, 0.15) is 5.41 Å². The number of nitrogens with one attached hydrogen (secondary N) is 2. The summed E-state index contributed by atoms with van der Waals surface area (Å²) in [7, 11) is 0. The molecule has 2 aliphatic heterocycles. The third kappa shape index (κ3) is 4.96. The van der Waals surface area contributed by atoms with E-state index in [0.717, 1.165) is 16.7 Å². The van der Waals surface area contributed by atoms with Gasteiger partial charge in [-0.2, -0.15) is 0 Å². The maximum absolute atomic E-state index is 13.8. The number of likely N-dealkylation sites (tertiary alicyclic amines) is 1. The first-order chi connectivity index (χ1) is 18.3. The number of rotatable bonds is 7. The van der Waals surface area contributed by atoms with Gasteiger partial charge in [-0.15, -0.1) is 0 Å². The van der Waals surface area contributed by atoms with Crippen molar-refractivity contribution in [1.29, 1.82) is 0 Å². The molecule has 1 atom stereocenters. The van der Waals surface area contributed by atoms with Crippen molar-refractivity contribution in [2.75, 3.05) is 30.3 Å². The van der Waals surface area contributed by atoms with Crippen molar-refractivity contribution in [3.8, 4) is 0 Å². The van der Waals surface area contributed by atoms with E-state index in [-0.39, 0.29) is 30.2 Å². The Labute approximate surface area is 231 Å². The number of piperidine rings is 1. The summed E-state index contributed by atoms with van der Waals surface area (Å²) in [6, 6.07) is 20.4. The minimum absolute atomic E-state index is 0.0561. The zero-order valence-electron chi connectivity index (χ0n) is 20.7. The van der Waals surface area contributed by atoms with Gasteiger partial charge in [0.2, 0.25) is 17.7 Å². The zero-order valence-corrected chi connectivity index (χ0v) is 22.2. The van der Waals surface area contributed by atoms with E-state index < -0.39 is 5.41 Å². The highest BCUT2D eigenvalue weighted by Crippen LogP contribution is 2.48. The summed E-state index contributed by atoms with van der Waals surface area (Å²) in [6.45, 7) is 1.04. The summed E-state index contributed by atoms with van der Waals surface area (Å²) >= 11 is 12.6. The van der Waals surface area contributed by atoms with Gasteiger partial charge in [0.15, 0.2) is 0 Å². The Kier molecular flexibility index (Phi) is 7.32. The van der Waals surface area contributed by atoms with Gasteiger partial charge in [-0.25, -0.2) is 0 Å². The van der Waals surface area contributed by atoms with Crippen molar-refractivity contribution >= 4 is 52.3 Å². The predicted octanol–water partition coefficient (Wildman–Crippen LogP) is 4.61. The summed E-state index contributed by atoms with van der Waals surface area (Å²) in [5, 5.41) is 7.43. The van der Waals surface area contributed by atoms with Crippen LogP contribution in [0, 0.1) is 5.92 Å². The number of para-hydroxylation sites is 1. The van der Waals surface area contributed by atoms with Crippen LogP contribution in [0.2, 0.25) is 10.0 Å². The monoisotopic (exact) mass is 550 g/mol. The Morgan fingerprint density at radius 1 is 0.974 bits per heavy atom. The van der Waals surface area contributed by atoms with Crippen molar-refractivity contribution in [3.05, 3.63) is 93.5 Å². The van der Waals surface area contributed by atoms with Gasteiger partial charge in [0.25, 0.3) is 0 Å².